The smallest absolute Gasteiger partial charge is 0.256 e. The van der Waals surface area contributed by atoms with Crippen LogP contribution in [0.15, 0.2) is 97.2 Å². The van der Waals surface area contributed by atoms with E-state index in [-0.39, 0.29) is 5.91 Å². The molecule has 190 valence electrons. The molecule has 0 unspecified atom stereocenters. The number of benzene rings is 3. The Balaban J connectivity index is 1.56. The van der Waals surface area contributed by atoms with E-state index in [9.17, 15) is 4.79 Å². The van der Waals surface area contributed by atoms with E-state index in [0.717, 1.165) is 22.5 Å². The molecule has 0 saturated carbocycles. The van der Waals surface area contributed by atoms with Crippen LogP contribution in [0, 0.1) is 0 Å². The molecular formula is C31H33N3O3. The first kappa shape index (κ1) is 25.8. The first-order chi connectivity index (χ1) is 18.0. The van der Waals surface area contributed by atoms with E-state index in [4.69, 9.17) is 9.47 Å². The highest BCUT2D eigenvalue weighted by molar-refractivity contribution is 5.99. The van der Waals surface area contributed by atoms with Crippen molar-refractivity contribution < 1.29 is 14.3 Å². The number of hydrogen-bond donors (Lipinski definition) is 0. The van der Waals surface area contributed by atoms with E-state index in [1.165, 1.54) is 0 Å². The summed E-state index contributed by atoms with van der Waals surface area (Å²) in [6.07, 6.45) is 2.44. The lowest BCUT2D eigenvalue weighted by Gasteiger charge is -2.26. The summed E-state index contributed by atoms with van der Waals surface area (Å²) in [5.41, 5.74) is 4.55. The minimum absolute atomic E-state index is 0.0244. The molecule has 6 nitrogen and oxygen atoms in total. The van der Waals surface area contributed by atoms with Gasteiger partial charge in [0.2, 0.25) is 0 Å². The number of amides is 1. The Morgan fingerprint density at radius 3 is 2.32 bits per heavy atom. The van der Waals surface area contributed by atoms with Crippen molar-refractivity contribution in [3.8, 4) is 11.5 Å². The molecule has 1 aromatic heterocycles. The second-order valence-corrected chi connectivity index (χ2v) is 8.97. The van der Waals surface area contributed by atoms with Gasteiger partial charge in [-0.25, -0.2) is 0 Å². The molecule has 1 heterocycles. The highest BCUT2D eigenvalue weighted by Crippen LogP contribution is 2.30. The lowest BCUT2D eigenvalue weighted by atomic mass is 10.1. The fourth-order valence-electron chi connectivity index (χ4n) is 4.15. The molecule has 0 aliphatic carbocycles. The molecular weight excluding hydrogens is 462 g/mol. The third-order valence-electron chi connectivity index (χ3n) is 6.11. The number of ether oxygens (including phenoxy) is 2. The number of aromatic nitrogens is 1. The van der Waals surface area contributed by atoms with Gasteiger partial charge in [-0.1, -0.05) is 54.6 Å². The van der Waals surface area contributed by atoms with E-state index >= 15 is 0 Å². The Bertz CT molecular complexity index is 1290. The first-order valence-corrected chi connectivity index (χ1v) is 12.3. The molecule has 4 rings (SSSR count). The molecule has 0 N–H and O–H groups in total. The summed E-state index contributed by atoms with van der Waals surface area (Å²) in [7, 11) is 5.53. The van der Waals surface area contributed by atoms with Crippen molar-refractivity contribution in [2.24, 2.45) is 0 Å². The number of para-hydroxylation sites is 1. The standard InChI is InChI=1S/C31H33N3O3/c1-33(2)28-15-8-7-14-27(28)31(35)34(20-18-26-13-9-10-19-32-26)22-25-16-17-29(30(21-25)36-3)37-23-24-11-5-4-6-12-24/h4-17,19,21H,18,20,22-23H2,1-3H3. The minimum atomic E-state index is -0.0244. The summed E-state index contributed by atoms with van der Waals surface area (Å²) in [4.78, 5) is 22.1. The van der Waals surface area contributed by atoms with Crippen LogP contribution in [0.3, 0.4) is 0 Å². The van der Waals surface area contributed by atoms with Crippen LogP contribution < -0.4 is 14.4 Å². The summed E-state index contributed by atoms with van der Waals surface area (Å²) in [5.74, 6) is 1.28. The number of nitrogens with zero attached hydrogens (tertiary/aromatic N) is 3. The van der Waals surface area contributed by atoms with Gasteiger partial charge in [-0.2, -0.15) is 0 Å². The quantitative estimate of drug-likeness (QED) is 0.270. The summed E-state index contributed by atoms with van der Waals surface area (Å²) in [5, 5.41) is 0. The lowest BCUT2D eigenvalue weighted by Crippen LogP contribution is -2.33. The predicted molar refractivity (Wildman–Crippen MR) is 147 cm³/mol. The molecule has 0 spiro atoms. The van der Waals surface area contributed by atoms with Gasteiger partial charge >= 0.3 is 0 Å². The molecule has 0 atom stereocenters. The molecule has 0 radical (unpaired) electrons. The highest BCUT2D eigenvalue weighted by atomic mass is 16.5. The van der Waals surface area contributed by atoms with Gasteiger partial charge in [-0.15, -0.1) is 0 Å². The Hall–Kier alpha value is -4.32. The number of carbonyl (C=O) groups is 1. The number of methoxy groups -OCH3 is 1. The average molecular weight is 496 g/mol. The van der Waals surface area contributed by atoms with Crippen LogP contribution in [0.25, 0.3) is 0 Å². The number of hydrogen-bond acceptors (Lipinski definition) is 5. The summed E-state index contributed by atoms with van der Waals surface area (Å²) in [6.45, 7) is 1.42. The Morgan fingerprint density at radius 1 is 0.838 bits per heavy atom. The van der Waals surface area contributed by atoms with Gasteiger partial charge in [0.1, 0.15) is 6.61 Å². The van der Waals surface area contributed by atoms with Crippen LogP contribution in [0.1, 0.15) is 27.2 Å². The van der Waals surface area contributed by atoms with Crippen LogP contribution >= 0.6 is 0 Å². The molecule has 0 aliphatic rings. The maximum atomic E-state index is 13.8. The van der Waals surface area contributed by atoms with E-state index in [0.29, 0.717) is 43.2 Å². The van der Waals surface area contributed by atoms with Gasteiger partial charge in [0.05, 0.1) is 12.7 Å². The van der Waals surface area contributed by atoms with E-state index in [1.807, 2.05) is 115 Å². The van der Waals surface area contributed by atoms with Gasteiger partial charge in [-0.05, 0) is 47.5 Å². The van der Waals surface area contributed by atoms with Crippen LogP contribution in [0.5, 0.6) is 11.5 Å². The van der Waals surface area contributed by atoms with E-state index < -0.39 is 0 Å². The molecule has 0 saturated heterocycles. The van der Waals surface area contributed by atoms with Crippen molar-refractivity contribution in [1.29, 1.82) is 0 Å². The van der Waals surface area contributed by atoms with Gasteiger partial charge in [0.25, 0.3) is 5.91 Å². The first-order valence-electron chi connectivity index (χ1n) is 12.3. The summed E-state index contributed by atoms with van der Waals surface area (Å²) < 4.78 is 11.7. The monoisotopic (exact) mass is 495 g/mol. The van der Waals surface area contributed by atoms with Crippen molar-refractivity contribution >= 4 is 11.6 Å². The molecule has 0 bridgehead atoms. The van der Waals surface area contributed by atoms with Gasteiger partial charge in [-0.3, -0.25) is 9.78 Å². The minimum Gasteiger partial charge on any atom is -0.493 e. The Morgan fingerprint density at radius 2 is 1.59 bits per heavy atom. The third-order valence-corrected chi connectivity index (χ3v) is 6.11. The Labute approximate surface area is 219 Å². The molecule has 4 aromatic rings. The topological polar surface area (TPSA) is 54.9 Å². The summed E-state index contributed by atoms with van der Waals surface area (Å²) >= 11 is 0. The molecule has 0 fully saturated rings. The predicted octanol–water partition coefficient (Wildman–Crippen LogP) is 5.62. The molecule has 1 amide bonds. The molecule has 37 heavy (non-hydrogen) atoms. The SMILES string of the molecule is COc1cc(CN(CCc2ccccn2)C(=O)c2ccccc2N(C)C)ccc1OCc1ccccc1. The van der Waals surface area contributed by atoms with Crippen LogP contribution in [-0.4, -0.2) is 43.5 Å². The zero-order valence-corrected chi connectivity index (χ0v) is 21.6. The largest absolute Gasteiger partial charge is 0.493 e. The van der Waals surface area contributed by atoms with Crippen LogP contribution in [-0.2, 0) is 19.6 Å². The normalized spacial score (nSPS) is 10.6. The maximum Gasteiger partial charge on any atom is 0.256 e. The van der Waals surface area contributed by atoms with Crippen molar-refractivity contribution in [2.75, 3.05) is 32.6 Å². The Kier molecular flexibility index (Phi) is 8.76. The average Bonchev–Trinajstić information content (AvgIpc) is 2.95. The second-order valence-electron chi connectivity index (χ2n) is 8.97. The van der Waals surface area contributed by atoms with E-state index in [1.54, 1.807) is 13.3 Å². The fraction of sp³-hybridized carbons (Fsp3) is 0.226. The van der Waals surface area contributed by atoms with Gasteiger partial charge < -0.3 is 19.3 Å². The van der Waals surface area contributed by atoms with Crippen molar-refractivity contribution in [2.45, 2.75) is 19.6 Å². The van der Waals surface area contributed by atoms with Crippen molar-refractivity contribution in [1.82, 2.24) is 9.88 Å². The third kappa shape index (κ3) is 6.88. The zero-order valence-electron chi connectivity index (χ0n) is 21.6. The van der Waals surface area contributed by atoms with Crippen molar-refractivity contribution in [3.63, 3.8) is 0 Å². The zero-order chi connectivity index (χ0) is 26.0. The van der Waals surface area contributed by atoms with Crippen molar-refractivity contribution in [3.05, 3.63) is 120 Å². The highest BCUT2D eigenvalue weighted by Gasteiger charge is 2.21. The number of anilines is 1. The second kappa shape index (κ2) is 12.6. The fourth-order valence-corrected chi connectivity index (χ4v) is 4.15. The number of carbonyl (C=O) groups excluding carboxylic acids is 1. The van der Waals surface area contributed by atoms with Gasteiger partial charge in [0, 0.05) is 51.2 Å². The van der Waals surface area contributed by atoms with Crippen LogP contribution in [0.4, 0.5) is 5.69 Å². The molecule has 3 aromatic carbocycles. The number of pyridine rings is 1. The van der Waals surface area contributed by atoms with Crippen LogP contribution in [0.2, 0.25) is 0 Å². The summed E-state index contributed by atoms with van der Waals surface area (Å²) in [6, 6.07) is 29.4. The lowest BCUT2D eigenvalue weighted by molar-refractivity contribution is 0.0745. The number of rotatable bonds is 11. The maximum absolute atomic E-state index is 13.8. The molecule has 6 heteroatoms. The molecule has 0 aliphatic heterocycles. The van der Waals surface area contributed by atoms with E-state index in [2.05, 4.69) is 4.98 Å². The van der Waals surface area contributed by atoms with Gasteiger partial charge in [0.15, 0.2) is 11.5 Å².